The topological polar surface area (TPSA) is 766 Å². The summed E-state index contributed by atoms with van der Waals surface area (Å²) < 4.78 is 49.7. The van der Waals surface area contributed by atoms with Gasteiger partial charge in [0.05, 0.1) is 50.8 Å². The summed E-state index contributed by atoms with van der Waals surface area (Å²) in [6.07, 6.45) is 0.179. The average Bonchev–Trinajstić information content (AvgIpc) is 0.802. The number of carbonyl (C=O) groups is 9. The quantitative estimate of drug-likeness (QED) is 0.00884. The Morgan fingerprint density at radius 2 is 0.779 bits per heavy atom. The van der Waals surface area contributed by atoms with Crippen molar-refractivity contribution in [1.29, 1.82) is 0 Å². The highest BCUT2D eigenvalue weighted by atomic mass is 31.2. The summed E-state index contributed by atoms with van der Waals surface area (Å²) >= 11 is 0. The number of nitrogens with zero attached hydrogens (tertiary/aromatic N) is 12. The Hall–Kier alpha value is -9.09. The fraction of sp³-hybridized carbons (Fsp3) is 0.762. The summed E-state index contributed by atoms with van der Waals surface area (Å²) in [4.78, 5) is 159. The third-order valence-corrected chi connectivity index (χ3v) is 21.5. The van der Waals surface area contributed by atoms with Crippen LogP contribution >= 0.6 is 15.3 Å². The van der Waals surface area contributed by atoms with E-state index in [9.17, 15) is 57.2 Å². The maximum Gasteiger partial charge on any atom is 0.345 e. The van der Waals surface area contributed by atoms with Gasteiger partial charge in [-0.25, -0.2) is 18.7 Å². The molecule has 0 aromatic carbocycles. The number of guanidine groups is 6. The molecule has 9 amide bonds. The summed E-state index contributed by atoms with van der Waals surface area (Å²) in [7, 11) is -0.412. The second kappa shape index (κ2) is 54.6. The minimum absolute atomic E-state index is 0.000819. The van der Waals surface area contributed by atoms with Crippen molar-refractivity contribution >= 4 is 105 Å². The molecule has 0 radical (unpaired) electrons. The lowest BCUT2D eigenvalue weighted by molar-refractivity contribution is -0.143. The van der Waals surface area contributed by atoms with E-state index in [-0.39, 0.29) is 203 Å². The van der Waals surface area contributed by atoms with E-state index < -0.39 is 106 Å². The molecule has 0 aromatic heterocycles. The number of morpholine rings is 2. The number of aliphatic imine (C=N–C) groups is 6. The van der Waals surface area contributed by atoms with Crippen LogP contribution in [0.1, 0.15) is 105 Å². The van der Waals surface area contributed by atoms with E-state index in [1.54, 1.807) is 47.3 Å². The summed E-state index contributed by atoms with van der Waals surface area (Å²) in [6, 6.07) is -8.03. The molecule has 3 fully saturated rings. The van der Waals surface area contributed by atoms with Gasteiger partial charge in [0.25, 0.3) is 0 Å². The van der Waals surface area contributed by atoms with Gasteiger partial charge in [0.2, 0.25) is 53.7 Å². The predicted octanol–water partition coefficient (Wildman–Crippen LogP) is -9.84. The van der Waals surface area contributed by atoms with Crippen LogP contribution in [0.25, 0.3) is 0 Å². The zero-order valence-electron chi connectivity index (χ0n) is 66.3. The van der Waals surface area contributed by atoms with Gasteiger partial charge >= 0.3 is 15.3 Å². The average molecular weight is 1650 g/mol. The molecular weight excluding hydrogens is 1520 g/mol. The van der Waals surface area contributed by atoms with Crippen LogP contribution in [0.5, 0.6) is 0 Å². The van der Waals surface area contributed by atoms with E-state index in [0.717, 1.165) is 6.41 Å². The first-order valence-electron chi connectivity index (χ1n) is 36.9. The Bertz CT molecular complexity index is 3220. The lowest BCUT2D eigenvalue weighted by atomic mass is 10.0. The molecule has 48 nitrogen and oxygen atoms in total. The van der Waals surface area contributed by atoms with E-state index in [1.165, 1.54) is 16.3 Å². The molecule has 2 unspecified atom stereocenters. The number of nitrogens with one attached hydrogen (secondary N) is 7. The van der Waals surface area contributed by atoms with Crippen LogP contribution in [-0.2, 0) is 66.3 Å². The summed E-state index contributed by atoms with van der Waals surface area (Å²) in [6.45, 7) is 9.41. The Kier molecular flexibility index (Phi) is 49.2. The van der Waals surface area contributed by atoms with Crippen molar-refractivity contribution in [2.45, 2.75) is 165 Å². The Labute approximate surface area is 659 Å². The van der Waals surface area contributed by atoms with Crippen LogP contribution in [0.15, 0.2) is 30.0 Å². The van der Waals surface area contributed by atoms with Crippen LogP contribution in [-0.4, -0.2) is 340 Å². The van der Waals surface area contributed by atoms with E-state index in [1.807, 2.05) is 20.8 Å². The molecule has 0 spiro atoms. The van der Waals surface area contributed by atoms with Crippen molar-refractivity contribution in [2.24, 2.45) is 98.8 Å². The molecule has 3 aliphatic rings. The molecule has 0 saturated carbocycles. The molecular formula is C63H129N31O17P2. The molecule has 12 atom stereocenters. The monoisotopic (exact) mass is 1650 g/mol. The highest BCUT2D eigenvalue weighted by Crippen LogP contribution is 2.53. The molecule has 0 bridgehead atoms. The highest BCUT2D eigenvalue weighted by Gasteiger charge is 2.42. The number of rotatable bonds is 47. The van der Waals surface area contributed by atoms with Gasteiger partial charge in [-0.15, -0.1) is 0 Å². The van der Waals surface area contributed by atoms with Crippen LogP contribution in [0.4, 0.5) is 0 Å². The molecule has 3 heterocycles. The van der Waals surface area contributed by atoms with Gasteiger partial charge in [0.1, 0.15) is 36.3 Å². The largest absolute Gasteiger partial charge is 0.394 e. The lowest BCUT2D eigenvalue weighted by Gasteiger charge is -2.42. The van der Waals surface area contributed by atoms with Gasteiger partial charge in [-0.1, -0.05) is 0 Å². The third-order valence-electron chi connectivity index (χ3n) is 16.7. The second-order valence-electron chi connectivity index (χ2n) is 27.0. The SMILES string of the molecule is CC(=O)N[C@@H](CCCN=C(N)N)C(=O)N[C@@H](CCCN=C(N)N)C(=O)N[C@@H](CCCN=C(N)N)C(=O)N[C@@H](CCCN=C(N)N)C(=O)N[C@@H](CCCN=C(N)N)C(=O)N[C@@H](CCCN=C(N)N)C(=O)NCC(=O)N1C[C@@H](C)O[C@@H](C)C1.C[C@H]1CN(P(=O)(O)N(C)C)C[C@@H](COP(=O)(N(C)C)N2CCN(C=O)CC2)O1.OCCO. The van der Waals surface area contributed by atoms with Gasteiger partial charge in [-0.3, -0.25) is 82.2 Å². The fourth-order valence-corrected chi connectivity index (χ4v) is 14.6. The number of amides is 9. The molecule has 0 aliphatic carbocycles. The number of piperazine rings is 1. The van der Waals surface area contributed by atoms with E-state index in [4.69, 9.17) is 93.0 Å². The maximum absolute atomic E-state index is 14.5. The normalized spacial score (nSPS) is 18.9. The number of nitrogens with two attached hydrogens (primary N) is 12. The number of aliphatic hydroxyl groups excluding tert-OH is 2. The Balaban J connectivity index is 0.00000164. The third kappa shape index (κ3) is 42.6. The standard InChI is InChI=1S/C46H90N26O9.C15H33N5O6P2.C2H6O2/c1-25-23-72(24-26(2)81-25)34(74)22-65-35(75)28(10-4-16-59-41(47)48)67-37(77)30(12-6-18-61-43(51)52)69-39(79)32(14-8-20-63-45(55)56)71-40(80)33(15-9-21-64-46(57)58)70-38(78)31(13-7-19-62-44(53)54)68-36(76)29(66-27(3)73)11-5-17-60-42(49)50;1-14-10-20(27(22,23)16(2)3)11-15(26-14)12-25-28(24,17(4)5)19-8-6-18(13-21)7-9-19;3-1-2-4/h25-26,28-33H,4-24H2,1-3H3,(H,65,75)(H,66,73)(H,67,77)(H,68,76)(H,69,79)(H,70,78)(H,71,80)(H4,47,48,59)(H4,49,50,60)(H4,51,52,61)(H4,53,54,62)(H4,55,56,63)(H4,57,58,64);13-15H,6-12H2,1-5H3,(H,22,23);3-4H,1-2H2/t25-,26+,28-,29-,30-,31-,32-,33-;14-,15-,28?;/m00./s1. The molecule has 3 saturated heterocycles. The minimum atomic E-state index is -3.63. The highest BCUT2D eigenvalue weighted by molar-refractivity contribution is 7.54. The van der Waals surface area contributed by atoms with Crippen LogP contribution in [0.3, 0.4) is 0 Å². The zero-order valence-corrected chi connectivity index (χ0v) is 68.1. The predicted molar refractivity (Wildman–Crippen MR) is 426 cm³/mol. The van der Waals surface area contributed by atoms with E-state index in [2.05, 4.69) is 67.2 Å². The number of ether oxygens (including phenoxy) is 2. The van der Waals surface area contributed by atoms with Crippen molar-refractivity contribution in [1.82, 2.24) is 65.7 Å². The molecule has 648 valence electrons. The van der Waals surface area contributed by atoms with Crippen molar-refractivity contribution in [3.63, 3.8) is 0 Å². The van der Waals surface area contributed by atoms with E-state index in [0.29, 0.717) is 45.8 Å². The van der Waals surface area contributed by atoms with Crippen molar-refractivity contribution in [3.05, 3.63) is 0 Å². The summed E-state index contributed by atoms with van der Waals surface area (Å²) in [5, 5.41) is 33.7. The molecule has 3 rings (SSSR count). The van der Waals surface area contributed by atoms with Crippen molar-refractivity contribution in [3.8, 4) is 0 Å². The molecule has 113 heavy (non-hydrogen) atoms. The summed E-state index contributed by atoms with van der Waals surface area (Å²) in [5.41, 5.74) is 66.2. The number of aliphatic hydroxyl groups is 2. The number of carbonyl (C=O) groups excluding carboxylic acids is 9. The van der Waals surface area contributed by atoms with E-state index >= 15 is 0 Å². The smallest absolute Gasteiger partial charge is 0.345 e. The minimum Gasteiger partial charge on any atom is -0.394 e. The van der Waals surface area contributed by atoms with Crippen LogP contribution < -0.4 is 106 Å². The van der Waals surface area contributed by atoms with Gasteiger partial charge in [-0.05, 0) is 126 Å². The first-order chi connectivity index (χ1) is 53.1. The van der Waals surface area contributed by atoms with Crippen LogP contribution in [0, 0.1) is 0 Å². The van der Waals surface area contributed by atoms with Gasteiger partial charge in [0.15, 0.2) is 35.8 Å². The second-order valence-corrected chi connectivity index (χ2v) is 32.0. The van der Waals surface area contributed by atoms with Crippen molar-refractivity contribution in [2.75, 3.05) is 146 Å². The van der Waals surface area contributed by atoms with Gasteiger partial charge in [0, 0.05) is 98.6 Å². The fourth-order valence-electron chi connectivity index (χ4n) is 11.3. The lowest BCUT2D eigenvalue weighted by Crippen LogP contribution is -2.60. The maximum atomic E-state index is 14.5. The first kappa shape index (κ1) is 102. The Morgan fingerprint density at radius 1 is 0.469 bits per heavy atom. The molecule has 50 heteroatoms. The zero-order chi connectivity index (χ0) is 85.6. The molecule has 0 aromatic rings. The molecule has 34 N–H and O–H groups in total. The first-order valence-corrected chi connectivity index (χ1v) is 40.0. The van der Waals surface area contributed by atoms with Crippen molar-refractivity contribution < 1.29 is 81.4 Å². The molecule has 3 aliphatic heterocycles. The Morgan fingerprint density at radius 3 is 1.06 bits per heavy atom. The number of hydrogen-bond acceptors (Lipinski definition) is 22. The van der Waals surface area contributed by atoms with Gasteiger partial charge < -0.3 is 145 Å². The van der Waals surface area contributed by atoms with Gasteiger partial charge in [-0.2, -0.15) is 0 Å². The van der Waals surface area contributed by atoms with Crippen LogP contribution in [0.2, 0.25) is 0 Å². The number of hydrogen-bond donors (Lipinski definition) is 22. The summed E-state index contributed by atoms with van der Waals surface area (Å²) in [5.74, 6) is -7.18.